The Morgan fingerprint density at radius 3 is 1.00 bits per heavy atom. The van der Waals surface area contributed by atoms with Crippen LogP contribution >= 0.6 is 0 Å². The van der Waals surface area contributed by atoms with E-state index in [0.717, 1.165) is 0 Å². The molecule has 0 aliphatic heterocycles. The summed E-state index contributed by atoms with van der Waals surface area (Å²) < 4.78 is 36.7. The van der Waals surface area contributed by atoms with Crippen LogP contribution in [0.25, 0.3) is 0 Å². The van der Waals surface area contributed by atoms with Crippen LogP contribution in [-0.4, -0.2) is 18.9 Å². The minimum atomic E-state index is -3.18. The van der Waals surface area contributed by atoms with Gasteiger partial charge in [0.1, 0.15) is 0 Å². The van der Waals surface area contributed by atoms with Crippen molar-refractivity contribution in [2.45, 2.75) is 0 Å². The molecule has 0 aliphatic carbocycles. The monoisotopic (exact) mass is 256 g/mol. The number of rotatable bonds is 0. The zero-order valence-corrected chi connectivity index (χ0v) is 9.04. The second-order valence-electron chi connectivity index (χ2n) is 1.08. The van der Waals surface area contributed by atoms with Crippen LogP contribution in [0.4, 0.5) is 0 Å². The SMILES string of the molecule is [B]#[Zr](#[B])(#[B])#[B].[O]=[Zr]=[O]. The molecule has 0 aromatic heterocycles. The van der Waals surface area contributed by atoms with E-state index in [1.165, 1.54) is 0 Å². The standard InChI is InChI=1S/4B.2O.2Zr. The third kappa shape index (κ3) is 127. The van der Waals surface area contributed by atoms with E-state index in [0.29, 0.717) is 0 Å². The van der Waals surface area contributed by atoms with Crippen LogP contribution < -0.4 is 0 Å². The quantitative estimate of drug-likeness (QED) is 0.482. The molecular formula is B4O2Zr2. The van der Waals surface area contributed by atoms with Crippen LogP contribution in [0, 0.1) is 0 Å². The fourth-order valence-electron chi connectivity index (χ4n) is 0. The van der Waals surface area contributed by atoms with Crippen molar-refractivity contribution in [1.29, 1.82) is 0 Å². The first-order valence-electron chi connectivity index (χ1n) is 1.56. The summed E-state index contributed by atoms with van der Waals surface area (Å²) >= 11 is -5.45. The predicted molar refractivity (Wildman–Crippen MR) is 24.4 cm³/mol. The second-order valence-corrected chi connectivity index (χ2v) is 6.41. The topological polar surface area (TPSA) is 34.1 Å². The van der Waals surface area contributed by atoms with Gasteiger partial charge in [0.15, 0.2) is 0 Å². The number of hydrogen-bond acceptors (Lipinski definition) is 2. The summed E-state index contributed by atoms with van der Waals surface area (Å²) in [6, 6.07) is 0. The Morgan fingerprint density at radius 1 is 1.00 bits per heavy atom. The summed E-state index contributed by atoms with van der Waals surface area (Å²) in [7, 11) is 0. The van der Waals surface area contributed by atoms with Gasteiger partial charge in [-0.05, 0) is 0 Å². The number of hydrogen-bond donors (Lipinski definition) is 0. The van der Waals surface area contributed by atoms with Crippen molar-refractivity contribution < 1.29 is 45.3 Å². The average Bonchev–Trinajstić information content (AvgIpc) is 1.27. The molecule has 0 saturated carbocycles. The van der Waals surface area contributed by atoms with Gasteiger partial charge >= 0.3 is 64.2 Å². The van der Waals surface area contributed by atoms with Crippen molar-refractivity contribution in [3.63, 3.8) is 0 Å². The third-order valence-corrected chi connectivity index (χ3v) is 0. The van der Waals surface area contributed by atoms with Gasteiger partial charge in [0, 0.05) is 0 Å². The first-order chi connectivity index (χ1) is 3.41. The van der Waals surface area contributed by atoms with Crippen LogP contribution in [0.1, 0.15) is 0 Å². The van der Waals surface area contributed by atoms with E-state index >= 15 is 0 Å². The van der Waals surface area contributed by atoms with E-state index < -0.39 is 39.7 Å². The van der Waals surface area contributed by atoms with Gasteiger partial charge in [-0.3, -0.25) is 0 Å². The molecule has 0 spiro atoms. The second kappa shape index (κ2) is 6.74. The molecule has 0 bridgehead atoms. The van der Waals surface area contributed by atoms with Gasteiger partial charge in [0.05, 0.1) is 0 Å². The van der Waals surface area contributed by atoms with Crippen molar-refractivity contribution in [2.24, 2.45) is 0 Å². The van der Waals surface area contributed by atoms with E-state index in [1.54, 1.807) is 0 Å². The molecule has 0 radical (unpaired) electrons. The Bertz CT molecular complexity index is 537. The summed E-state index contributed by atoms with van der Waals surface area (Å²) in [5.74, 6) is 0. The molecule has 32 valence electrons. The van der Waals surface area contributed by atoms with Gasteiger partial charge < -0.3 is 0 Å². The molecule has 0 fully saturated rings. The Hall–Kier alpha value is 1.63. The zero-order valence-electron chi connectivity index (χ0n) is 4.13. The molecule has 0 unspecified atom stereocenters. The summed E-state index contributed by atoms with van der Waals surface area (Å²) in [5, 5.41) is 0. The molecule has 8 heavy (non-hydrogen) atoms. The fraction of sp³-hybridized carbons (Fsp3) is 0. The minimum absolute atomic E-state index is 2.27. The molecule has 0 aromatic carbocycles. The molecule has 0 heterocycles. The summed E-state index contributed by atoms with van der Waals surface area (Å²) in [5.41, 5.74) is 0. The van der Waals surface area contributed by atoms with Crippen molar-refractivity contribution in [3.8, 4) is 0 Å². The van der Waals surface area contributed by atoms with Crippen LogP contribution in [-0.2, 0) is 45.3 Å². The average molecular weight is 258 g/mol. The van der Waals surface area contributed by atoms with E-state index in [9.17, 15) is 0 Å². The Morgan fingerprint density at radius 2 is 1.00 bits per heavy atom. The molecule has 8 heteroatoms. The molecule has 0 atom stereocenters. The predicted octanol–water partition coefficient (Wildman–Crippen LogP) is -1.77. The summed E-state index contributed by atoms with van der Waals surface area (Å²) in [4.78, 5) is 0. The van der Waals surface area contributed by atoms with Gasteiger partial charge in [0.25, 0.3) is 0 Å². The normalized spacial score (nSPS) is 11.0. The van der Waals surface area contributed by atoms with Gasteiger partial charge in [-0.2, -0.15) is 0 Å². The zero-order chi connectivity index (χ0) is 7.21. The van der Waals surface area contributed by atoms with Gasteiger partial charge in [-0.25, -0.2) is 0 Å². The third-order valence-electron chi connectivity index (χ3n) is 0. The Labute approximate surface area is 63.3 Å². The van der Waals surface area contributed by atoms with Crippen molar-refractivity contribution in [3.05, 3.63) is 0 Å². The Kier molecular flexibility index (Phi) is 10.4. The van der Waals surface area contributed by atoms with Gasteiger partial charge in [-0.1, -0.05) is 0 Å². The first kappa shape index (κ1) is 12.3. The molecule has 0 rings (SSSR count). The maximum atomic E-state index is 8.54. The van der Waals surface area contributed by atoms with Crippen molar-refractivity contribution in [1.82, 2.24) is 0 Å². The molecule has 0 amide bonds. The van der Waals surface area contributed by atoms with Crippen LogP contribution in [0.15, 0.2) is 0 Å². The summed E-state index contributed by atoms with van der Waals surface area (Å²) in [6.07, 6.45) is 0. The van der Waals surface area contributed by atoms with E-state index in [4.69, 9.17) is 24.5 Å². The molecule has 0 N–H and O–H groups in total. The van der Waals surface area contributed by atoms with Crippen LogP contribution in [0.2, 0.25) is 0 Å². The van der Waals surface area contributed by atoms with E-state index in [-0.39, 0.29) is 0 Å². The van der Waals surface area contributed by atoms with Crippen LogP contribution in [0.5, 0.6) is 0 Å². The Balaban J connectivity index is 0. The van der Waals surface area contributed by atoms with E-state index in [2.05, 4.69) is 0 Å². The molecular weight excluding hydrogens is 258 g/mol. The fourth-order valence-corrected chi connectivity index (χ4v) is 0. The maximum absolute atomic E-state index is 8.54. The molecule has 2 nitrogen and oxygen atoms in total. The van der Waals surface area contributed by atoms with Crippen molar-refractivity contribution in [2.75, 3.05) is 0 Å². The van der Waals surface area contributed by atoms with Crippen LogP contribution in [0.3, 0.4) is 0 Å². The molecule has 0 aliphatic rings. The first-order valence-corrected chi connectivity index (χ1v) is 9.25. The van der Waals surface area contributed by atoms with E-state index in [1.807, 2.05) is 0 Å². The van der Waals surface area contributed by atoms with Gasteiger partial charge in [-0.15, -0.1) is 0 Å². The molecule has 0 aromatic rings. The molecule has 0 saturated heterocycles. The summed E-state index contributed by atoms with van der Waals surface area (Å²) in [6.45, 7) is 0. The van der Waals surface area contributed by atoms with Gasteiger partial charge in [0.2, 0.25) is 0 Å². The van der Waals surface area contributed by atoms with Crippen molar-refractivity contribution >= 4 is 18.9 Å².